The molecule has 2 bridgehead atoms. The molecule has 0 aromatic heterocycles. The van der Waals surface area contributed by atoms with Gasteiger partial charge in [0.15, 0.2) is 0 Å². The van der Waals surface area contributed by atoms with Gasteiger partial charge in [-0.1, -0.05) is 19.3 Å². The highest BCUT2D eigenvalue weighted by atomic mass is 16.3. The minimum atomic E-state index is -0.314. The van der Waals surface area contributed by atoms with E-state index in [1.54, 1.807) is 0 Å². The molecular formula is C14H23NO2. The Hall–Kier alpha value is -0.570. The van der Waals surface area contributed by atoms with E-state index in [0.29, 0.717) is 5.92 Å². The molecule has 0 spiro atoms. The minimum absolute atomic E-state index is 0.0235. The molecule has 5 atom stereocenters. The van der Waals surface area contributed by atoms with Crippen molar-refractivity contribution in [3.8, 4) is 0 Å². The molecule has 0 aromatic carbocycles. The van der Waals surface area contributed by atoms with Crippen LogP contribution in [-0.4, -0.2) is 23.2 Å². The second kappa shape index (κ2) is 4.60. The first-order valence-corrected chi connectivity index (χ1v) is 7.22. The molecule has 3 aliphatic rings. The SMILES string of the molecule is O=C(N[C@@H]1CCCC[C@H]1O)C1CC2CCC1C2. The van der Waals surface area contributed by atoms with Gasteiger partial charge in [0.05, 0.1) is 12.1 Å². The average molecular weight is 237 g/mol. The Morgan fingerprint density at radius 1 is 1.06 bits per heavy atom. The number of carbonyl (C=O) groups is 1. The maximum atomic E-state index is 12.2. The molecule has 3 rings (SSSR count). The fourth-order valence-corrected chi connectivity index (χ4v) is 4.14. The molecular weight excluding hydrogens is 214 g/mol. The first-order chi connectivity index (χ1) is 8.24. The van der Waals surface area contributed by atoms with Crippen molar-refractivity contribution in [1.29, 1.82) is 0 Å². The third kappa shape index (κ3) is 2.22. The standard InChI is InChI=1S/C14H23NO2/c16-13-4-2-1-3-12(13)15-14(17)11-8-9-5-6-10(11)7-9/h9-13,16H,1-8H2,(H,15,17)/t9?,10?,11?,12-,13-/m1/s1. The summed E-state index contributed by atoms with van der Waals surface area (Å²) in [6.07, 6.45) is 8.67. The van der Waals surface area contributed by atoms with Crippen LogP contribution in [0.5, 0.6) is 0 Å². The number of hydrogen-bond acceptors (Lipinski definition) is 2. The highest BCUT2D eigenvalue weighted by Crippen LogP contribution is 2.48. The number of nitrogens with one attached hydrogen (secondary N) is 1. The zero-order valence-electron chi connectivity index (χ0n) is 10.4. The Labute approximate surface area is 103 Å². The lowest BCUT2D eigenvalue weighted by Gasteiger charge is -2.30. The van der Waals surface area contributed by atoms with Crippen LogP contribution in [0.1, 0.15) is 51.4 Å². The van der Waals surface area contributed by atoms with Crippen LogP contribution in [0.2, 0.25) is 0 Å². The van der Waals surface area contributed by atoms with Gasteiger partial charge in [-0.3, -0.25) is 4.79 Å². The Balaban J connectivity index is 1.56. The summed E-state index contributed by atoms with van der Waals surface area (Å²) in [6, 6.07) is 0.0235. The average Bonchev–Trinajstić information content (AvgIpc) is 2.94. The molecule has 3 fully saturated rings. The summed E-state index contributed by atoms with van der Waals surface area (Å²) >= 11 is 0. The summed E-state index contributed by atoms with van der Waals surface area (Å²) in [4.78, 5) is 12.2. The zero-order valence-corrected chi connectivity index (χ0v) is 10.4. The van der Waals surface area contributed by atoms with Crippen LogP contribution in [0, 0.1) is 17.8 Å². The Kier molecular flexibility index (Phi) is 3.12. The fraction of sp³-hybridized carbons (Fsp3) is 0.929. The second-order valence-corrected chi connectivity index (χ2v) is 6.25. The first-order valence-electron chi connectivity index (χ1n) is 7.22. The first kappa shape index (κ1) is 11.5. The minimum Gasteiger partial charge on any atom is -0.391 e. The van der Waals surface area contributed by atoms with Gasteiger partial charge in [-0.05, 0) is 43.9 Å². The van der Waals surface area contributed by atoms with Gasteiger partial charge >= 0.3 is 0 Å². The van der Waals surface area contributed by atoms with Gasteiger partial charge in [-0.25, -0.2) is 0 Å². The van der Waals surface area contributed by atoms with Crippen molar-refractivity contribution >= 4 is 5.91 Å². The van der Waals surface area contributed by atoms with Crippen molar-refractivity contribution in [2.75, 3.05) is 0 Å². The van der Waals surface area contributed by atoms with E-state index in [-0.39, 0.29) is 24.0 Å². The topological polar surface area (TPSA) is 49.3 Å². The molecule has 0 radical (unpaired) electrons. The van der Waals surface area contributed by atoms with Crippen LogP contribution in [0.25, 0.3) is 0 Å². The molecule has 3 saturated carbocycles. The third-order valence-electron chi connectivity index (χ3n) is 5.13. The number of amides is 1. The predicted molar refractivity (Wildman–Crippen MR) is 65.3 cm³/mol. The number of rotatable bonds is 2. The van der Waals surface area contributed by atoms with E-state index in [4.69, 9.17) is 0 Å². The summed E-state index contributed by atoms with van der Waals surface area (Å²) in [5.41, 5.74) is 0. The molecule has 0 aliphatic heterocycles. The lowest BCUT2D eigenvalue weighted by atomic mass is 9.87. The van der Waals surface area contributed by atoms with Gasteiger partial charge < -0.3 is 10.4 Å². The maximum Gasteiger partial charge on any atom is 0.223 e. The predicted octanol–water partition coefficient (Wildman–Crippen LogP) is 1.84. The molecule has 96 valence electrons. The van der Waals surface area contributed by atoms with E-state index in [0.717, 1.165) is 38.0 Å². The molecule has 3 heteroatoms. The van der Waals surface area contributed by atoms with Gasteiger partial charge in [0.25, 0.3) is 0 Å². The molecule has 2 N–H and O–H groups in total. The normalized spacial score (nSPS) is 44.9. The van der Waals surface area contributed by atoms with Gasteiger partial charge in [0, 0.05) is 5.92 Å². The molecule has 3 aliphatic carbocycles. The Morgan fingerprint density at radius 3 is 2.53 bits per heavy atom. The number of hydrogen-bond donors (Lipinski definition) is 2. The van der Waals surface area contributed by atoms with E-state index >= 15 is 0 Å². The number of carbonyl (C=O) groups excluding carboxylic acids is 1. The largest absolute Gasteiger partial charge is 0.391 e. The van der Waals surface area contributed by atoms with Crippen LogP contribution in [-0.2, 0) is 4.79 Å². The summed E-state index contributed by atoms with van der Waals surface area (Å²) in [6.45, 7) is 0. The third-order valence-corrected chi connectivity index (χ3v) is 5.13. The van der Waals surface area contributed by atoms with Crippen LogP contribution in [0.4, 0.5) is 0 Å². The van der Waals surface area contributed by atoms with E-state index in [2.05, 4.69) is 5.32 Å². The summed E-state index contributed by atoms with van der Waals surface area (Å²) in [5.74, 6) is 1.93. The molecule has 1 amide bonds. The Bertz CT molecular complexity index is 305. The molecule has 0 heterocycles. The molecule has 0 saturated heterocycles. The van der Waals surface area contributed by atoms with Gasteiger partial charge in [0.1, 0.15) is 0 Å². The van der Waals surface area contributed by atoms with Crippen LogP contribution >= 0.6 is 0 Å². The van der Waals surface area contributed by atoms with Crippen LogP contribution < -0.4 is 5.32 Å². The highest BCUT2D eigenvalue weighted by Gasteiger charge is 2.43. The highest BCUT2D eigenvalue weighted by molar-refractivity contribution is 5.79. The fourth-order valence-electron chi connectivity index (χ4n) is 4.14. The second-order valence-electron chi connectivity index (χ2n) is 6.25. The van der Waals surface area contributed by atoms with Gasteiger partial charge in [-0.15, -0.1) is 0 Å². The van der Waals surface area contributed by atoms with Gasteiger partial charge in [-0.2, -0.15) is 0 Å². The zero-order chi connectivity index (χ0) is 11.8. The van der Waals surface area contributed by atoms with Crippen LogP contribution in [0.3, 0.4) is 0 Å². The molecule has 17 heavy (non-hydrogen) atoms. The number of aliphatic hydroxyl groups is 1. The van der Waals surface area contributed by atoms with E-state index in [1.165, 1.54) is 19.3 Å². The van der Waals surface area contributed by atoms with Crippen molar-refractivity contribution < 1.29 is 9.90 Å². The lowest BCUT2D eigenvalue weighted by molar-refractivity contribution is -0.128. The number of aliphatic hydroxyl groups excluding tert-OH is 1. The maximum absolute atomic E-state index is 12.2. The van der Waals surface area contributed by atoms with Crippen molar-refractivity contribution in [3.63, 3.8) is 0 Å². The lowest BCUT2D eigenvalue weighted by Crippen LogP contribution is -2.47. The van der Waals surface area contributed by atoms with Gasteiger partial charge in [0.2, 0.25) is 5.91 Å². The molecule has 3 unspecified atom stereocenters. The Morgan fingerprint density at radius 2 is 1.88 bits per heavy atom. The number of fused-ring (bicyclic) bond motifs is 2. The van der Waals surface area contributed by atoms with E-state index < -0.39 is 0 Å². The monoisotopic (exact) mass is 237 g/mol. The van der Waals surface area contributed by atoms with Crippen molar-refractivity contribution in [1.82, 2.24) is 5.32 Å². The summed E-state index contributed by atoms with van der Waals surface area (Å²) in [7, 11) is 0. The van der Waals surface area contributed by atoms with Crippen molar-refractivity contribution in [2.24, 2.45) is 17.8 Å². The van der Waals surface area contributed by atoms with E-state index in [1.807, 2.05) is 0 Å². The summed E-state index contributed by atoms with van der Waals surface area (Å²) in [5, 5.41) is 13.0. The van der Waals surface area contributed by atoms with Crippen LogP contribution in [0.15, 0.2) is 0 Å². The molecule has 3 nitrogen and oxygen atoms in total. The quantitative estimate of drug-likeness (QED) is 0.770. The smallest absolute Gasteiger partial charge is 0.223 e. The van der Waals surface area contributed by atoms with Crippen molar-refractivity contribution in [2.45, 2.75) is 63.5 Å². The molecule has 0 aromatic rings. The van der Waals surface area contributed by atoms with Crippen molar-refractivity contribution in [3.05, 3.63) is 0 Å². The summed E-state index contributed by atoms with van der Waals surface area (Å²) < 4.78 is 0. The van der Waals surface area contributed by atoms with E-state index in [9.17, 15) is 9.90 Å².